The first-order valence-corrected chi connectivity index (χ1v) is 8.50. The quantitative estimate of drug-likeness (QED) is 0.767. The Labute approximate surface area is 144 Å². The van der Waals surface area contributed by atoms with Crippen molar-refractivity contribution in [2.75, 3.05) is 53.6 Å². The second-order valence-electron chi connectivity index (χ2n) is 6.11. The first-order chi connectivity index (χ1) is 11.6. The summed E-state index contributed by atoms with van der Waals surface area (Å²) in [7, 11) is 3.37. The highest BCUT2D eigenvalue weighted by Crippen LogP contribution is 2.11. The number of amides is 1. The summed E-state index contributed by atoms with van der Waals surface area (Å²) in [5.74, 6) is 0.904. The summed E-state index contributed by atoms with van der Waals surface area (Å²) < 4.78 is 10.3. The van der Waals surface area contributed by atoms with Gasteiger partial charge in [-0.25, -0.2) is 0 Å². The molecule has 1 N–H and O–H groups in total. The number of rotatable bonds is 8. The van der Waals surface area contributed by atoms with Gasteiger partial charge in [0.25, 0.3) is 0 Å². The fraction of sp³-hybridized carbons (Fsp3) is 0.611. The number of benzene rings is 1. The largest absolute Gasteiger partial charge is 0.497 e. The van der Waals surface area contributed by atoms with Crippen LogP contribution in [0.25, 0.3) is 0 Å². The Bertz CT molecular complexity index is 499. The van der Waals surface area contributed by atoms with E-state index >= 15 is 0 Å². The van der Waals surface area contributed by atoms with Crippen LogP contribution in [-0.2, 0) is 16.1 Å². The minimum atomic E-state index is -0.104. The molecule has 134 valence electrons. The van der Waals surface area contributed by atoms with E-state index in [0.717, 1.165) is 50.6 Å². The number of hydrogen-bond donors (Lipinski definition) is 1. The van der Waals surface area contributed by atoms with Gasteiger partial charge >= 0.3 is 0 Å². The van der Waals surface area contributed by atoms with Gasteiger partial charge in [-0.3, -0.25) is 14.6 Å². The number of ether oxygens (including phenoxy) is 2. The van der Waals surface area contributed by atoms with Gasteiger partial charge in [0.05, 0.1) is 19.8 Å². The molecule has 1 fully saturated rings. The van der Waals surface area contributed by atoms with Crippen LogP contribution < -0.4 is 10.1 Å². The third kappa shape index (κ3) is 5.47. The molecular formula is C18H29N3O3. The zero-order valence-electron chi connectivity index (χ0n) is 15.0. The van der Waals surface area contributed by atoms with Crippen LogP contribution in [0.2, 0.25) is 0 Å². The average molecular weight is 335 g/mol. The molecule has 1 saturated heterocycles. The molecule has 0 unspecified atom stereocenters. The monoisotopic (exact) mass is 335 g/mol. The summed E-state index contributed by atoms with van der Waals surface area (Å²) in [6, 6.07) is 7.65. The fourth-order valence-electron chi connectivity index (χ4n) is 2.84. The highest BCUT2D eigenvalue weighted by molar-refractivity contribution is 5.81. The van der Waals surface area contributed by atoms with Gasteiger partial charge in [-0.05, 0) is 24.6 Å². The van der Waals surface area contributed by atoms with E-state index in [-0.39, 0.29) is 11.9 Å². The molecule has 0 bridgehead atoms. The molecule has 6 heteroatoms. The fourth-order valence-corrected chi connectivity index (χ4v) is 2.84. The van der Waals surface area contributed by atoms with Crippen molar-refractivity contribution in [2.45, 2.75) is 19.5 Å². The Balaban J connectivity index is 1.73. The number of piperazine rings is 1. The van der Waals surface area contributed by atoms with Crippen LogP contribution in [0.1, 0.15) is 12.5 Å². The number of methoxy groups -OCH3 is 2. The number of carbonyl (C=O) groups excluding carboxylic acids is 1. The normalized spacial score (nSPS) is 17.5. The molecule has 0 saturated carbocycles. The second-order valence-corrected chi connectivity index (χ2v) is 6.11. The lowest BCUT2D eigenvalue weighted by Gasteiger charge is -2.37. The van der Waals surface area contributed by atoms with Gasteiger partial charge in [-0.1, -0.05) is 12.1 Å². The minimum absolute atomic E-state index is 0.0798. The summed E-state index contributed by atoms with van der Waals surface area (Å²) >= 11 is 0. The van der Waals surface area contributed by atoms with E-state index in [4.69, 9.17) is 9.47 Å². The Morgan fingerprint density at radius 1 is 1.17 bits per heavy atom. The molecule has 0 radical (unpaired) electrons. The average Bonchev–Trinajstić information content (AvgIpc) is 2.64. The lowest BCUT2D eigenvalue weighted by Crippen LogP contribution is -2.54. The van der Waals surface area contributed by atoms with Crippen LogP contribution in [0.15, 0.2) is 24.3 Å². The van der Waals surface area contributed by atoms with E-state index in [1.165, 1.54) is 0 Å². The molecule has 2 rings (SSSR count). The van der Waals surface area contributed by atoms with E-state index in [0.29, 0.717) is 6.54 Å². The SMILES string of the molecule is COCCN1CCN([C@@H](C)C(=O)NCc2ccc(OC)cc2)CC1. The number of nitrogens with one attached hydrogen (secondary N) is 1. The van der Waals surface area contributed by atoms with Crippen molar-refractivity contribution >= 4 is 5.91 Å². The summed E-state index contributed by atoms with van der Waals surface area (Å²) in [6.45, 7) is 8.05. The smallest absolute Gasteiger partial charge is 0.237 e. The molecular weight excluding hydrogens is 306 g/mol. The van der Waals surface area contributed by atoms with Crippen LogP contribution in [0.5, 0.6) is 5.75 Å². The Hall–Kier alpha value is -1.63. The zero-order chi connectivity index (χ0) is 17.4. The molecule has 1 heterocycles. The van der Waals surface area contributed by atoms with Crippen LogP contribution in [0.3, 0.4) is 0 Å². The predicted octanol–water partition coefficient (Wildman–Crippen LogP) is 0.964. The maximum absolute atomic E-state index is 12.4. The molecule has 1 atom stereocenters. The van der Waals surface area contributed by atoms with Gasteiger partial charge in [0.2, 0.25) is 5.91 Å². The summed E-state index contributed by atoms with van der Waals surface area (Å²) in [5.41, 5.74) is 1.07. The second kappa shape index (κ2) is 9.61. The van der Waals surface area contributed by atoms with Crippen molar-refractivity contribution in [1.29, 1.82) is 0 Å². The van der Waals surface area contributed by atoms with Crippen molar-refractivity contribution in [1.82, 2.24) is 15.1 Å². The van der Waals surface area contributed by atoms with Crippen molar-refractivity contribution < 1.29 is 14.3 Å². The summed E-state index contributed by atoms with van der Waals surface area (Å²) in [6.07, 6.45) is 0. The number of carbonyl (C=O) groups is 1. The summed E-state index contributed by atoms with van der Waals surface area (Å²) in [5, 5.41) is 3.02. The van der Waals surface area contributed by atoms with Gasteiger partial charge in [0.1, 0.15) is 5.75 Å². The highest BCUT2D eigenvalue weighted by atomic mass is 16.5. The van der Waals surface area contributed by atoms with Crippen molar-refractivity contribution in [3.63, 3.8) is 0 Å². The van der Waals surface area contributed by atoms with Gasteiger partial charge in [0, 0.05) is 46.4 Å². The van der Waals surface area contributed by atoms with E-state index in [1.807, 2.05) is 31.2 Å². The lowest BCUT2D eigenvalue weighted by molar-refractivity contribution is -0.126. The Kier molecular flexibility index (Phi) is 7.49. The molecule has 1 aliphatic rings. The molecule has 1 aromatic carbocycles. The van der Waals surface area contributed by atoms with E-state index < -0.39 is 0 Å². The standard InChI is InChI=1S/C18H29N3O3/c1-15(21-10-8-20(9-11-21)12-13-23-2)18(22)19-14-16-4-6-17(24-3)7-5-16/h4-7,15H,8-14H2,1-3H3,(H,19,22)/t15-/m0/s1. The van der Waals surface area contributed by atoms with E-state index in [9.17, 15) is 4.79 Å². The molecule has 6 nitrogen and oxygen atoms in total. The van der Waals surface area contributed by atoms with Gasteiger partial charge < -0.3 is 14.8 Å². The van der Waals surface area contributed by atoms with E-state index in [1.54, 1.807) is 14.2 Å². The van der Waals surface area contributed by atoms with Crippen LogP contribution in [0, 0.1) is 0 Å². The van der Waals surface area contributed by atoms with Gasteiger partial charge in [-0.2, -0.15) is 0 Å². The van der Waals surface area contributed by atoms with Crippen LogP contribution >= 0.6 is 0 Å². The summed E-state index contributed by atoms with van der Waals surface area (Å²) in [4.78, 5) is 17.0. The molecule has 1 amide bonds. The van der Waals surface area contributed by atoms with Gasteiger partial charge in [-0.15, -0.1) is 0 Å². The maximum atomic E-state index is 12.4. The molecule has 24 heavy (non-hydrogen) atoms. The van der Waals surface area contributed by atoms with Crippen molar-refractivity contribution in [2.24, 2.45) is 0 Å². The highest BCUT2D eigenvalue weighted by Gasteiger charge is 2.25. The van der Waals surface area contributed by atoms with Gasteiger partial charge in [0.15, 0.2) is 0 Å². The third-order valence-electron chi connectivity index (χ3n) is 4.57. The molecule has 1 aliphatic heterocycles. The topological polar surface area (TPSA) is 54.0 Å². The molecule has 1 aromatic rings. The lowest BCUT2D eigenvalue weighted by atomic mass is 10.2. The number of hydrogen-bond acceptors (Lipinski definition) is 5. The van der Waals surface area contributed by atoms with E-state index in [2.05, 4.69) is 15.1 Å². The first kappa shape index (κ1) is 18.7. The Morgan fingerprint density at radius 2 is 1.83 bits per heavy atom. The molecule has 0 spiro atoms. The van der Waals surface area contributed by atoms with Crippen LogP contribution in [0.4, 0.5) is 0 Å². The first-order valence-electron chi connectivity index (χ1n) is 8.50. The van der Waals surface area contributed by atoms with Crippen molar-refractivity contribution in [3.05, 3.63) is 29.8 Å². The Morgan fingerprint density at radius 3 is 2.42 bits per heavy atom. The van der Waals surface area contributed by atoms with Crippen molar-refractivity contribution in [3.8, 4) is 5.75 Å². The number of nitrogens with zero attached hydrogens (tertiary/aromatic N) is 2. The molecule has 0 aliphatic carbocycles. The maximum Gasteiger partial charge on any atom is 0.237 e. The van der Waals surface area contributed by atoms with Crippen LogP contribution in [-0.4, -0.2) is 75.3 Å². The zero-order valence-corrected chi connectivity index (χ0v) is 15.0. The molecule has 0 aromatic heterocycles. The minimum Gasteiger partial charge on any atom is -0.497 e. The predicted molar refractivity (Wildman–Crippen MR) is 94.2 cm³/mol. The third-order valence-corrected chi connectivity index (χ3v) is 4.57.